The first-order valence-electron chi connectivity index (χ1n) is 8.20. The summed E-state index contributed by atoms with van der Waals surface area (Å²) in [7, 11) is 0.115. The van der Waals surface area contributed by atoms with Crippen LogP contribution in [0.5, 0.6) is 0 Å². The Balaban J connectivity index is 0.000000451. The molecular weight excluding hydrogens is 576 g/mol. The fourth-order valence-electron chi connectivity index (χ4n) is 2.78. The number of rotatable bonds is 2. The van der Waals surface area contributed by atoms with E-state index in [9.17, 15) is 0 Å². The Morgan fingerprint density at radius 2 is 0.926 bits per heavy atom. The average Bonchev–Trinajstić information content (AvgIpc) is 3.19. The molecule has 0 fully saturated rings. The predicted molar refractivity (Wildman–Crippen MR) is 116 cm³/mol. The second-order valence-electron chi connectivity index (χ2n) is 6.47. The molecule has 4 rings (SSSR count). The zero-order valence-corrected chi connectivity index (χ0v) is 23.0. The molecule has 0 saturated carbocycles. The quantitative estimate of drug-likeness (QED) is 0.171. The molecule has 140 valence electrons. The van der Waals surface area contributed by atoms with Crippen molar-refractivity contribution in [3.8, 4) is 0 Å². The van der Waals surface area contributed by atoms with Gasteiger partial charge in [0.15, 0.2) is 0 Å². The Morgan fingerprint density at radius 1 is 0.593 bits per heavy atom. The molecule has 0 saturated heterocycles. The van der Waals surface area contributed by atoms with Gasteiger partial charge in [-0.2, -0.15) is 12.1 Å². The molecule has 0 aliphatic rings. The van der Waals surface area contributed by atoms with Crippen LogP contribution in [0.25, 0.3) is 21.5 Å². The Bertz CT molecular complexity index is 797. The van der Waals surface area contributed by atoms with Crippen molar-refractivity contribution >= 4 is 48.0 Å². The molecule has 4 aromatic rings. The number of fused-ring (bicyclic) bond motifs is 2. The zero-order chi connectivity index (χ0) is 17.1. The summed E-state index contributed by atoms with van der Waals surface area (Å²) in [6.07, 6.45) is 0. The van der Waals surface area contributed by atoms with Crippen LogP contribution in [0.2, 0.25) is 0 Å². The molecule has 0 N–H and O–H groups in total. The molecule has 0 spiro atoms. The minimum atomic E-state index is 0. The normalized spacial score (nSPS) is 10.0. The van der Waals surface area contributed by atoms with Gasteiger partial charge in [0.1, 0.15) is 0 Å². The summed E-state index contributed by atoms with van der Waals surface area (Å²) >= 11 is 0. The van der Waals surface area contributed by atoms with Gasteiger partial charge in [-0.25, -0.2) is 0 Å². The first-order chi connectivity index (χ1) is 11.5. The second-order valence-corrected chi connectivity index (χ2v) is 11.1. The van der Waals surface area contributed by atoms with Crippen LogP contribution in [0.1, 0.15) is 0 Å². The van der Waals surface area contributed by atoms with E-state index in [1.54, 1.807) is 0 Å². The van der Waals surface area contributed by atoms with Crippen LogP contribution in [-0.4, -0.2) is 26.7 Å². The number of benzene rings is 2. The number of halogens is 2. The van der Waals surface area contributed by atoms with Gasteiger partial charge >= 0.3 is 25.8 Å². The SMILES string of the molecule is CP(C)c1cc2ccccc2[cH-]1.CP(C)c1cc2ccccc2[cH-]1.[Cl-].[Cl-].[Hf+4]. The molecule has 0 bridgehead atoms. The molecule has 27 heavy (non-hydrogen) atoms. The van der Waals surface area contributed by atoms with Crippen LogP contribution in [-0.2, 0) is 25.8 Å². The van der Waals surface area contributed by atoms with Gasteiger partial charge in [-0.05, 0) is 26.7 Å². The fourth-order valence-corrected chi connectivity index (χ4v) is 4.37. The number of hydrogen-bond donors (Lipinski definition) is 0. The summed E-state index contributed by atoms with van der Waals surface area (Å²) in [4.78, 5) is 0. The summed E-state index contributed by atoms with van der Waals surface area (Å²) in [5.74, 6) is 0. The minimum Gasteiger partial charge on any atom is -1.00 e. The van der Waals surface area contributed by atoms with E-state index in [2.05, 4.69) is 99.5 Å². The summed E-state index contributed by atoms with van der Waals surface area (Å²) in [5, 5.41) is 8.53. The van der Waals surface area contributed by atoms with Gasteiger partial charge in [0, 0.05) is 0 Å². The van der Waals surface area contributed by atoms with E-state index in [4.69, 9.17) is 0 Å². The predicted octanol–water partition coefficient (Wildman–Crippen LogP) is -0.143. The van der Waals surface area contributed by atoms with E-state index in [1.165, 1.54) is 32.2 Å². The summed E-state index contributed by atoms with van der Waals surface area (Å²) in [6, 6.07) is 26.3. The maximum atomic E-state index is 2.31. The third-order valence-corrected chi connectivity index (χ3v) is 6.82. The molecule has 0 aliphatic heterocycles. The van der Waals surface area contributed by atoms with Crippen molar-refractivity contribution < 1.29 is 50.7 Å². The van der Waals surface area contributed by atoms with Crippen molar-refractivity contribution in [1.82, 2.24) is 0 Å². The van der Waals surface area contributed by atoms with Gasteiger partial charge in [0.2, 0.25) is 0 Å². The van der Waals surface area contributed by atoms with Crippen molar-refractivity contribution in [2.24, 2.45) is 0 Å². The minimum absolute atomic E-state index is 0. The van der Waals surface area contributed by atoms with Crippen molar-refractivity contribution in [1.29, 1.82) is 0 Å². The van der Waals surface area contributed by atoms with Crippen molar-refractivity contribution in [2.75, 3.05) is 26.7 Å². The molecule has 0 nitrogen and oxygen atoms in total. The Kier molecular flexibility index (Phi) is 12.5. The molecule has 0 aromatic heterocycles. The second kappa shape index (κ2) is 12.5. The van der Waals surface area contributed by atoms with Crippen molar-refractivity contribution in [3.63, 3.8) is 0 Å². The van der Waals surface area contributed by atoms with E-state index in [1.807, 2.05) is 0 Å². The maximum Gasteiger partial charge on any atom is 4.00 e. The van der Waals surface area contributed by atoms with E-state index in [-0.39, 0.29) is 66.5 Å². The molecule has 4 aromatic carbocycles. The van der Waals surface area contributed by atoms with Gasteiger partial charge in [-0.3, -0.25) is 0 Å². The maximum absolute atomic E-state index is 2.31. The standard InChI is InChI=1S/2C11H12P.2ClH.Hf/c2*1-12(2)11-7-9-5-3-4-6-10(9)8-11;;;/h2*3-8H,1-2H3;2*1H;/q2*-1;;;+4/p-2. The topological polar surface area (TPSA) is 0 Å². The fraction of sp³-hybridized carbons (Fsp3) is 0.182. The van der Waals surface area contributed by atoms with Gasteiger partial charge in [0.05, 0.1) is 0 Å². The first-order valence-corrected chi connectivity index (χ1v) is 12.7. The van der Waals surface area contributed by atoms with Crippen LogP contribution in [0, 0.1) is 0 Å². The first kappa shape index (κ1) is 27.0. The molecule has 0 aliphatic carbocycles. The average molecular weight is 600 g/mol. The van der Waals surface area contributed by atoms with E-state index in [0.717, 1.165) is 0 Å². The zero-order valence-electron chi connectivity index (χ0n) is 16.1. The van der Waals surface area contributed by atoms with E-state index >= 15 is 0 Å². The molecule has 0 heterocycles. The van der Waals surface area contributed by atoms with Crippen LogP contribution < -0.4 is 35.4 Å². The molecule has 5 heteroatoms. The Labute approximate surface area is 197 Å². The summed E-state index contributed by atoms with van der Waals surface area (Å²) in [6.45, 7) is 9.18. The van der Waals surface area contributed by atoms with Crippen LogP contribution >= 0.6 is 15.8 Å². The smallest absolute Gasteiger partial charge is 1.00 e. The van der Waals surface area contributed by atoms with Crippen LogP contribution in [0.15, 0.2) is 72.8 Å². The van der Waals surface area contributed by atoms with Gasteiger partial charge in [0.25, 0.3) is 0 Å². The van der Waals surface area contributed by atoms with Crippen LogP contribution in [0.3, 0.4) is 0 Å². The Hall–Kier alpha value is -0.0299. The third-order valence-electron chi connectivity index (χ3n) is 4.24. The monoisotopic (exact) mass is 600 g/mol. The number of hydrogen-bond acceptors (Lipinski definition) is 0. The molecule has 0 amide bonds. The van der Waals surface area contributed by atoms with Crippen LogP contribution in [0.4, 0.5) is 0 Å². The van der Waals surface area contributed by atoms with Gasteiger partial charge in [-0.15, -0.1) is 96.5 Å². The summed E-state index contributed by atoms with van der Waals surface area (Å²) in [5.41, 5.74) is 0. The molecule has 0 radical (unpaired) electrons. The summed E-state index contributed by atoms with van der Waals surface area (Å²) < 4.78 is 0. The largest absolute Gasteiger partial charge is 4.00 e. The van der Waals surface area contributed by atoms with Gasteiger partial charge < -0.3 is 24.8 Å². The van der Waals surface area contributed by atoms with Gasteiger partial charge in [-0.1, -0.05) is 12.1 Å². The van der Waals surface area contributed by atoms with E-state index < -0.39 is 0 Å². The van der Waals surface area contributed by atoms with E-state index in [0.29, 0.717) is 0 Å². The molecular formula is C22H24Cl2HfP2. The third kappa shape index (κ3) is 7.06. The molecule has 0 atom stereocenters. The van der Waals surface area contributed by atoms with Crippen molar-refractivity contribution in [3.05, 3.63) is 72.8 Å². The Morgan fingerprint density at radius 3 is 1.22 bits per heavy atom. The van der Waals surface area contributed by atoms with Crippen molar-refractivity contribution in [2.45, 2.75) is 0 Å². The molecule has 0 unspecified atom stereocenters.